The van der Waals surface area contributed by atoms with Crippen LogP contribution in [0.4, 0.5) is 5.69 Å². The zero-order valence-electron chi connectivity index (χ0n) is 11.9. The number of rotatable bonds is 3. The van der Waals surface area contributed by atoms with E-state index in [1.165, 1.54) is 0 Å². The number of piperazine rings is 1. The van der Waals surface area contributed by atoms with E-state index in [2.05, 4.69) is 29.8 Å². The smallest absolute Gasteiger partial charge is 0.0776 e. The first-order valence-electron chi connectivity index (χ1n) is 6.95. The van der Waals surface area contributed by atoms with Gasteiger partial charge in [-0.25, -0.2) is 0 Å². The van der Waals surface area contributed by atoms with Crippen molar-refractivity contribution >= 4 is 17.3 Å². The highest BCUT2D eigenvalue weighted by molar-refractivity contribution is 6.31. The molecule has 2 atom stereocenters. The molecule has 0 spiro atoms. The lowest BCUT2D eigenvalue weighted by Gasteiger charge is -2.40. The van der Waals surface area contributed by atoms with Crippen molar-refractivity contribution in [3.63, 3.8) is 0 Å². The van der Waals surface area contributed by atoms with E-state index in [0.29, 0.717) is 11.1 Å². The van der Waals surface area contributed by atoms with E-state index in [1.807, 2.05) is 12.1 Å². The van der Waals surface area contributed by atoms with Gasteiger partial charge in [-0.05, 0) is 38.1 Å². The van der Waals surface area contributed by atoms with Gasteiger partial charge >= 0.3 is 0 Å². The summed E-state index contributed by atoms with van der Waals surface area (Å²) in [4.78, 5) is 4.80. The number of aliphatic hydroxyl groups is 1. The minimum Gasteiger partial charge on any atom is -0.389 e. The molecular weight excluding hydrogens is 260 g/mol. The number of anilines is 1. The van der Waals surface area contributed by atoms with Gasteiger partial charge < -0.3 is 10.0 Å². The third kappa shape index (κ3) is 3.22. The molecule has 1 aromatic carbocycles. The van der Waals surface area contributed by atoms with E-state index in [-0.39, 0.29) is 0 Å². The fourth-order valence-corrected chi connectivity index (χ4v) is 3.01. The largest absolute Gasteiger partial charge is 0.389 e. The molecule has 4 heteroatoms. The lowest BCUT2D eigenvalue weighted by Crippen LogP contribution is -2.51. The molecule has 1 heterocycles. The van der Waals surface area contributed by atoms with Crippen molar-refractivity contribution < 1.29 is 5.11 Å². The van der Waals surface area contributed by atoms with Gasteiger partial charge in [-0.1, -0.05) is 24.6 Å². The Kier molecular flexibility index (Phi) is 4.71. The maximum absolute atomic E-state index is 9.62. The molecule has 2 rings (SSSR count). The van der Waals surface area contributed by atoms with Crippen molar-refractivity contribution in [1.82, 2.24) is 4.90 Å². The number of aliphatic hydroxyl groups excluding tert-OH is 1. The maximum Gasteiger partial charge on any atom is 0.0776 e. The van der Waals surface area contributed by atoms with Gasteiger partial charge in [0, 0.05) is 36.4 Å². The molecule has 3 nitrogen and oxygen atoms in total. The van der Waals surface area contributed by atoms with E-state index >= 15 is 0 Å². The summed E-state index contributed by atoms with van der Waals surface area (Å²) in [7, 11) is 2.19. The van der Waals surface area contributed by atoms with Gasteiger partial charge in [0.2, 0.25) is 0 Å². The summed E-state index contributed by atoms with van der Waals surface area (Å²) in [5.41, 5.74) is 1.95. The summed E-state index contributed by atoms with van der Waals surface area (Å²) in [5.74, 6) is 0. The summed E-state index contributed by atoms with van der Waals surface area (Å²) < 4.78 is 0. The standard InChI is InChI=1S/C15H23ClN2O/c1-4-12-10-18(8-7-17(12)3)13-5-6-14(11(2)19)15(16)9-13/h5-6,9,11-12,19H,4,7-8,10H2,1-3H3. The van der Waals surface area contributed by atoms with E-state index in [1.54, 1.807) is 6.92 Å². The van der Waals surface area contributed by atoms with Crippen LogP contribution in [-0.2, 0) is 0 Å². The molecule has 1 aliphatic heterocycles. The molecule has 0 aromatic heterocycles. The summed E-state index contributed by atoms with van der Waals surface area (Å²) >= 11 is 6.25. The number of nitrogens with zero attached hydrogens (tertiary/aromatic N) is 2. The molecule has 0 saturated carbocycles. The first-order valence-corrected chi connectivity index (χ1v) is 7.33. The van der Waals surface area contributed by atoms with Crippen LogP contribution in [0.3, 0.4) is 0 Å². The van der Waals surface area contributed by atoms with Crippen LogP contribution < -0.4 is 4.90 Å². The molecule has 1 aromatic rings. The number of hydrogen-bond acceptors (Lipinski definition) is 3. The zero-order chi connectivity index (χ0) is 14.0. The Labute approximate surface area is 120 Å². The highest BCUT2D eigenvalue weighted by Gasteiger charge is 2.23. The van der Waals surface area contributed by atoms with Crippen molar-refractivity contribution in [3.05, 3.63) is 28.8 Å². The number of benzene rings is 1. The zero-order valence-corrected chi connectivity index (χ0v) is 12.7. The Morgan fingerprint density at radius 1 is 1.42 bits per heavy atom. The molecule has 0 amide bonds. The third-order valence-electron chi connectivity index (χ3n) is 4.05. The molecule has 2 unspecified atom stereocenters. The first-order chi connectivity index (χ1) is 9.02. The lowest BCUT2D eigenvalue weighted by molar-refractivity contribution is 0.199. The van der Waals surface area contributed by atoms with Crippen LogP contribution in [0.5, 0.6) is 0 Å². The van der Waals surface area contributed by atoms with E-state index in [9.17, 15) is 5.11 Å². The Balaban J connectivity index is 2.16. The Bertz CT molecular complexity index is 436. The minimum absolute atomic E-state index is 0.516. The second-order valence-corrected chi connectivity index (χ2v) is 5.78. The second-order valence-electron chi connectivity index (χ2n) is 5.37. The molecule has 1 fully saturated rings. The van der Waals surface area contributed by atoms with Gasteiger partial charge in [-0.15, -0.1) is 0 Å². The maximum atomic E-state index is 9.62. The average Bonchev–Trinajstić information content (AvgIpc) is 2.38. The molecular formula is C15H23ClN2O. The van der Waals surface area contributed by atoms with Gasteiger partial charge in [0.25, 0.3) is 0 Å². The molecule has 1 N–H and O–H groups in total. The van der Waals surface area contributed by atoms with Crippen molar-refractivity contribution in [2.24, 2.45) is 0 Å². The van der Waals surface area contributed by atoms with Gasteiger partial charge in [-0.2, -0.15) is 0 Å². The predicted molar refractivity (Wildman–Crippen MR) is 81.0 cm³/mol. The van der Waals surface area contributed by atoms with Gasteiger partial charge in [0.15, 0.2) is 0 Å². The highest BCUT2D eigenvalue weighted by atomic mass is 35.5. The van der Waals surface area contributed by atoms with E-state index in [4.69, 9.17) is 11.6 Å². The van der Waals surface area contributed by atoms with Crippen LogP contribution in [0.1, 0.15) is 31.9 Å². The Morgan fingerprint density at radius 2 is 2.16 bits per heavy atom. The molecule has 1 aliphatic rings. The van der Waals surface area contributed by atoms with Crippen molar-refractivity contribution in [1.29, 1.82) is 0 Å². The SMILES string of the molecule is CCC1CN(c2ccc(C(C)O)c(Cl)c2)CCN1C. The fourth-order valence-electron chi connectivity index (χ4n) is 2.67. The van der Waals surface area contributed by atoms with Gasteiger partial charge in [0.1, 0.15) is 0 Å². The number of halogens is 1. The van der Waals surface area contributed by atoms with Crippen LogP contribution in [0.15, 0.2) is 18.2 Å². The third-order valence-corrected chi connectivity index (χ3v) is 4.37. The monoisotopic (exact) mass is 282 g/mol. The highest BCUT2D eigenvalue weighted by Crippen LogP contribution is 2.29. The molecule has 106 valence electrons. The fraction of sp³-hybridized carbons (Fsp3) is 0.600. The summed E-state index contributed by atoms with van der Waals surface area (Å²) in [6, 6.07) is 6.57. The summed E-state index contributed by atoms with van der Waals surface area (Å²) in [6.45, 7) is 7.11. The van der Waals surface area contributed by atoms with Crippen molar-refractivity contribution in [2.45, 2.75) is 32.4 Å². The van der Waals surface area contributed by atoms with Gasteiger partial charge in [-0.3, -0.25) is 4.90 Å². The van der Waals surface area contributed by atoms with Crippen LogP contribution in [0.2, 0.25) is 5.02 Å². The van der Waals surface area contributed by atoms with Gasteiger partial charge in [0.05, 0.1) is 6.10 Å². The number of hydrogen-bond donors (Lipinski definition) is 1. The first kappa shape index (κ1) is 14.6. The summed E-state index contributed by atoms with van der Waals surface area (Å²) in [5, 5.41) is 10.3. The molecule has 0 radical (unpaired) electrons. The lowest BCUT2D eigenvalue weighted by atomic mass is 10.1. The average molecular weight is 283 g/mol. The summed E-state index contributed by atoms with van der Waals surface area (Å²) in [6.07, 6.45) is 0.643. The predicted octanol–water partition coefficient (Wildman–Crippen LogP) is 2.92. The quantitative estimate of drug-likeness (QED) is 0.923. The van der Waals surface area contributed by atoms with E-state index < -0.39 is 6.10 Å². The second kappa shape index (κ2) is 6.12. The minimum atomic E-state index is -0.516. The van der Waals surface area contributed by atoms with Crippen LogP contribution in [0, 0.1) is 0 Å². The topological polar surface area (TPSA) is 26.7 Å². The Morgan fingerprint density at radius 3 is 2.74 bits per heavy atom. The molecule has 0 aliphatic carbocycles. The van der Waals surface area contributed by atoms with Crippen molar-refractivity contribution in [2.75, 3.05) is 31.6 Å². The van der Waals surface area contributed by atoms with Crippen LogP contribution in [-0.4, -0.2) is 42.7 Å². The molecule has 0 bridgehead atoms. The number of likely N-dealkylation sites (N-methyl/N-ethyl adjacent to an activating group) is 1. The normalized spacial score (nSPS) is 22.6. The Hall–Kier alpha value is -0.770. The van der Waals surface area contributed by atoms with Crippen LogP contribution >= 0.6 is 11.6 Å². The molecule has 19 heavy (non-hydrogen) atoms. The molecule has 1 saturated heterocycles. The van der Waals surface area contributed by atoms with Crippen LogP contribution in [0.25, 0.3) is 0 Å². The van der Waals surface area contributed by atoms with Crippen molar-refractivity contribution in [3.8, 4) is 0 Å². The van der Waals surface area contributed by atoms with E-state index in [0.717, 1.165) is 37.3 Å².